The van der Waals surface area contributed by atoms with Crippen LogP contribution in [0.15, 0.2) is 24.5 Å². The zero-order chi connectivity index (χ0) is 12.6. The van der Waals surface area contributed by atoms with Crippen molar-refractivity contribution in [1.29, 1.82) is 0 Å². The SMILES string of the molecule is COCCC(C)(C)CNCCc1ccncc1. The molecule has 0 aliphatic rings. The van der Waals surface area contributed by atoms with Crippen LogP contribution in [-0.4, -0.2) is 31.8 Å². The van der Waals surface area contributed by atoms with Gasteiger partial charge in [-0.1, -0.05) is 13.8 Å². The lowest BCUT2D eigenvalue weighted by atomic mass is 9.89. The first kappa shape index (κ1) is 14.1. The van der Waals surface area contributed by atoms with E-state index >= 15 is 0 Å². The van der Waals surface area contributed by atoms with E-state index in [1.165, 1.54) is 5.56 Å². The Morgan fingerprint density at radius 1 is 1.29 bits per heavy atom. The first-order valence-electron chi connectivity index (χ1n) is 6.23. The van der Waals surface area contributed by atoms with Crippen LogP contribution in [0.3, 0.4) is 0 Å². The number of ether oxygens (including phenoxy) is 1. The molecule has 0 atom stereocenters. The Balaban J connectivity index is 2.15. The number of nitrogens with one attached hydrogen (secondary N) is 1. The highest BCUT2D eigenvalue weighted by atomic mass is 16.5. The number of hydrogen-bond donors (Lipinski definition) is 1. The van der Waals surface area contributed by atoms with E-state index in [1.54, 1.807) is 7.11 Å². The molecule has 0 unspecified atom stereocenters. The largest absolute Gasteiger partial charge is 0.385 e. The lowest BCUT2D eigenvalue weighted by Gasteiger charge is -2.24. The van der Waals surface area contributed by atoms with Crippen LogP contribution >= 0.6 is 0 Å². The molecule has 0 fully saturated rings. The van der Waals surface area contributed by atoms with Crippen LogP contribution in [0.4, 0.5) is 0 Å². The number of methoxy groups -OCH3 is 1. The normalized spacial score (nSPS) is 11.7. The number of rotatable bonds is 8. The third-order valence-electron chi connectivity index (χ3n) is 2.93. The second-order valence-corrected chi connectivity index (χ2v) is 5.19. The van der Waals surface area contributed by atoms with Crippen LogP contribution in [0.25, 0.3) is 0 Å². The maximum absolute atomic E-state index is 5.12. The van der Waals surface area contributed by atoms with Gasteiger partial charge in [-0.2, -0.15) is 0 Å². The summed E-state index contributed by atoms with van der Waals surface area (Å²) in [4.78, 5) is 4.01. The summed E-state index contributed by atoms with van der Waals surface area (Å²) < 4.78 is 5.12. The standard InChI is InChI=1S/C14H24N2O/c1-14(2,7-11-17-3)12-16-10-6-13-4-8-15-9-5-13/h4-5,8-9,16H,6-7,10-12H2,1-3H3. The second kappa shape index (κ2) is 7.41. The quantitative estimate of drug-likeness (QED) is 0.703. The third-order valence-corrected chi connectivity index (χ3v) is 2.93. The maximum atomic E-state index is 5.12. The van der Waals surface area contributed by atoms with Crippen LogP contribution in [-0.2, 0) is 11.2 Å². The van der Waals surface area contributed by atoms with Crippen molar-refractivity contribution in [2.45, 2.75) is 26.7 Å². The minimum atomic E-state index is 0.300. The number of pyridine rings is 1. The summed E-state index contributed by atoms with van der Waals surface area (Å²) in [6, 6.07) is 4.13. The van der Waals surface area contributed by atoms with Crippen LogP contribution in [0.5, 0.6) is 0 Å². The zero-order valence-corrected chi connectivity index (χ0v) is 11.2. The Kier molecular flexibility index (Phi) is 6.16. The van der Waals surface area contributed by atoms with Gasteiger partial charge in [0.1, 0.15) is 0 Å². The molecule has 0 spiro atoms. The van der Waals surface area contributed by atoms with Crippen molar-refractivity contribution in [1.82, 2.24) is 10.3 Å². The molecule has 1 N–H and O–H groups in total. The van der Waals surface area contributed by atoms with Crippen LogP contribution in [0.1, 0.15) is 25.8 Å². The number of aromatic nitrogens is 1. The van der Waals surface area contributed by atoms with Crippen molar-refractivity contribution < 1.29 is 4.74 Å². The van der Waals surface area contributed by atoms with E-state index in [0.29, 0.717) is 5.41 Å². The average molecular weight is 236 g/mol. The molecule has 1 heterocycles. The van der Waals surface area contributed by atoms with Gasteiger partial charge >= 0.3 is 0 Å². The molecule has 1 rings (SSSR count). The van der Waals surface area contributed by atoms with E-state index in [1.807, 2.05) is 12.4 Å². The van der Waals surface area contributed by atoms with Crippen LogP contribution in [0.2, 0.25) is 0 Å². The molecule has 0 saturated carbocycles. The fourth-order valence-electron chi connectivity index (χ4n) is 1.68. The number of nitrogens with zero attached hydrogens (tertiary/aromatic N) is 1. The molecule has 0 aromatic carbocycles. The van der Waals surface area contributed by atoms with Gasteiger partial charge in [-0.3, -0.25) is 4.98 Å². The lowest BCUT2D eigenvalue weighted by molar-refractivity contribution is 0.151. The van der Waals surface area contributed by atoms with E-state index < -0.39 is 0 Å². The molecule has 3 heteroatoms. The van der Waals surface area contributed by atoms with Gasteiger partial charge in [0.15, 0.2) is 0 Å². The second-order valence-electron chi connectivity index (χ2n) is 5.19. The molecule has 0 radical (unpaired) electrons. The fraction of sp³-hybridized carbons (Fsp3) is 0.643. The Labute approximate surface area is 105 Å². The van der Waals surface area contributed by atoms with Gasteiger partial charge in [0, 0.05) is 32.7 Å². The molecule has 0 saturated heterocycles. The molecule has 96 valence electrons. The summed E-state index contributed by atoms with van der Waals surface area (Å²) in [6.07, 6.45) is 5.84. The van der Waals surface area contributed by atoms with Crippen LogP contribution in [0, 0.1) is 5.41 Å². The van der Waals surface area contributed by atoms with E-state index in [0.717, 1.165) is 32.5 Å². The molecule has 0 aliphatic carbocycles. The Hall–Kier alpha value is -0.930. The first-order chi connectivity index (χ1) is 8.14. The van der Waals surface area contributed by atoms with Gasteiger partial charge < -0.3 is 10.1 Å². The minimum absolute atomic E-state index is 0.300. The maximum Gasteiger partial charge on any atom is 0.0467 e. The summed E-state index contributed by atoms with van der Waals surface area (Å²) in [5, 5.41) is 3.51. The molecule has 0 aliphatic heterocycles. The summed E-state index contributed by atoms with van der Waals surface area (Å²) in [7, 11) is 1.76. The summed E-state index contributed by atoms with van der Waals surface area (Å²) in [6.45, 7) is 7.41. The molecule has 17 heavy (non-hydrogen) atoms. The zero-order valence-electron chi connectivity index (χ0n) is 11.2. The molecule has 3 nitrogen and oxygen atoms in total. The van der Waals surface area contributed by atoms with Gasteiger partial charge in [-0.05, 0) is 42.5 Å². The predicted octanol–water partition coefficient (Wildman–Crippen LogP) is 2.28. The van der Waals surface area contributed by atoms with E-state index in [9.17, 15) is 0 Å². The summed E-state index contributed by atoms with van der Waals surface area (Å²) >= 11 is 0. The van der Waals surface area contributed by atoms with Crippen molar-refractivity contribution in [3.8, 4) is 0 Å². The highest BCUT2D eigenvalue weighted by Gasteiger charge is 2.16. The van der Waals surface area contributed by atoms with E-state index in [2.05, 4.69) is 36.3 Å². The van der Waals surface area contributed by atoms with Crippen molar-refractivity contribution >= 4 is 0 Å². The molecular weight excluding hydrogens is 212 g/mol. The van der Waals surface area contributed by atoms with Crippen molar-refractivity contribution in [3.05, 3.63) is 30.1 Å². The highest BCUT2D eigenvalue weighted by Crippen LogP contribution is 2.18. The third kappa shape index (κ3) is 6.39. The topological polar surface area (TPSA) is 34.1 Å². The van der Waals surface area contributed by atoms with Gasteiger partial charge in [0.05, 0.1) is 0 Å². The van der Waals surface area contributed by atoms with Gasteiger partial charge in [0.2, 0.25) is 0 Å². The Morgan fingerprint density at radius 2 is 2.00 bits per heavy atom. The Morgan fingerprint density at radius 3 is 2.65 bits per heavy atom. The smallest absolute Gasteiger partial charge is 0.0467 e. The van der Waals surface area contributed by atoms with Gasteiger partial charge in [-0.25, -0.2) is 0 Å². The van der Waals surface area contributed by atoms with Crippen molar-refractivity contribution in [2.75, 3.05) is 26.8 Å². The van der Waals surface area contributed by atoms with E-state index in [4.69, 9.17) is 4.74 Å². The average Bonchev–Trinajstić information content (AvgIpc) is 2.34. The molecule has 1 aromatic heterocycles. The number of hydrogen-bond acceptors (Lipinski definition) is 3. The van der Waals surface area contributed by atoms with Crippen molar-refractivity contribution in [2.24, 2.45) is 5.41 Å². The molecular formula is C14H24N2O. The summed E-state index contributed by atoms with van der Waals surface area (Å²) in [5.41, 5.74) is 1.64. The molecule has 0 amide bonds. The monoisotopic (exact) mass is 236 g/mol. The van der Waals surface area contributed by atoms with Crippen molar-refractivity contribution in [3.63, 3.8) is 0 Å². The van der Waals surface area contributed by atoms with Gasteiger partial charge in [0.25, 0.3) is 0 Å². The summed E-state index contributed by atoms with van der Waals surface area (Å²) in [5.74, 6) is 0. The minimum Gasteiger partial charge on any atom is -0.385 e. The molecule has 1 aromatic rings. The van der Waals surface area contributed by atoms with E-state index in [-0.39, 0.29) is 0 Å². The lowest BCUT2D eigenvalue weighted by Crippen LogP contribution is -2.31. The van der Waals surface area contributed by atoms with Crippen LogP contribution < -0.4 is 5.32 Å². The Bertz CT molecular complexity index is 298. The first-order valence-corrected chi connectivity index (χ1v) is 6.23. The van der Waals surface area contributed by atoms with Gasteiger partial charge in [-0.15, -0.1) is 0 Å². The highest BCUT2D eigenvalue weighted by molar-refractivity contribution is 5.09. The fourth-order valence-corrected chi connectivity index (χ4v) is 1.68. The predicted molar refractivity (Wildman–Crippen MR) is 71.1 cm³/mol. The molecule has 0 bridgehead atoms.